The fourth-order valence-corrected chi connectivity index (χ4v) is 1.89. The summed E-state index contributed by atoms with van der Waals surface area (Å²) in [6, 6.07) is 5.49. The van der Waals surface area contributed by atoms with Crippen molar-refractivity contribution in [2.45, 2.75) is 12.8 Å². The van der Waals surface area contributed by atoms with Crippen LogP contribution in [0.3, 0.4) is 0 Å². The third-order valence-corrected chi connectivity index (χ3v) is 3.00. The quantitative estimate of drug-likeness (QED) is 0.730. The molecule has 0 unspecified atom stereocenters. The maximum atomic E-state index is 10.4. The van der Waals surface area contributed by atoms with Gasteiger partial charge in [-0.25, -0.2) is 0 Å². The molecule has 0 aliphatic carbocycles. The number of rotatable bonds is 8. The molecule has 6 nitrogen and oxygen atoms in total. The van der Waals surface area contributed by atoms with Crippen molar-refractivity contribution in [3.05, 3.63) is 18.2 Å². The number of carbonyl (C=O) groups is 1. The maximum Gasteiger partial charge on any atom is 0.304 e. The van der Waals surface area contributed by atoms with Crippen LogP contribution in [0.4, 0.5) is 0 Å². The zero-order valence-electron chi connectivity index (χ0n) is 11.5. The second-order valence-corrected chi connectivity index (χ2v) is 4.66. The Kier molecular flexibility index (Phi) is 5.06. The van der Waals surface area contributed by atoms with Crippen molar-refractivity contribution in [1.29, 1.82) is 0 Å². The Morgan fingerprint density at radius 1 is 1.35 bits per heavy atom. The second kappa shape index (κ2) is 7.00. The lowest BCUT2D eigenvalue weighted by Gasteiger charge is -2.15. The third kappa shape index (κ3) is 4.31. The molecule has 0 bridgehead atoms. The van der Waals surface area contributed by atoms with Gasteiger partial charge in [-0.3, -0.25) is 4.79 Å². The summed E-state index contributed by atoms with van der Waals surface area (Å²) in [5, 5.41) is 8.59. The number of hydrogen-bond acceptors (Lipinski definition) is 5. The number of carboxylic acid groups (broad SMARTS) is 1. The normalized spacial score (nSPS) is 12.7. The number of hydrogen-bond donors (Lipinski definition) is 1. The van der Waals surface area contributed by atoms with Gasteiger partial charge in [-0.15, -0.1) is 0 Å². The van der Waals surface area contributed by atoms with Crippen LogP contribution in [0, 0.1) is 0 Å². The zero-order valence-corrected chi connectivity index (χ0v) is 11.5. The summed E-state index contributed by atoms with van der Waals surface area (Å²) < 4.78 is 16.1. The molecule has 0 saturated carbocycles. The van der Waals surface area contributed by atoms with E-state index in [1.807, 2.05) is 30.1 Å². The number of nitrogens with zero attached hydrogens (tertiary/aromatic N) is 1. The van der Waals surface area contributed by atoms with Crippen molar-refractivity contribution in [3.8, 4) is 17.2 Å². The number of benzene rings is 1. The van der Waals surface area contributed by atoms with E-state index in [4.69, 9.17) is 19.3 Å². The molecule has 0 saturated heterocycles. The molecule has 0 radical (unpaired) electrons. The predicted molar refractivity (Wildman–Crippen MR) is 72.4 cm³/mol. The molecular formula is C14H19NO5. The first-order valence-corrected chi connectivity index (χ1v) is 6.58. The highest BCUT2D eigenvalue weighted by Gasteiger charge is 2.13. The molecule has 0 amide bonds. The standard InChI is InChI=1S/C14H19NO5/c1-15(7-5-14(16)17)6-2-8-18-11-3-4-12-13(9-11)20-10-19-12/h3-4,9H,2,5-8,10H2,1H3,(H,16,17). The van der Waals surface area contributed by atoms with Gasteiger partial charge in [0.05, 0.1) is 13.0 Å². The van der Waals surface area contributed by atoms with E-state index >= 15 is 0 Å². The molecular weight excluding hydrogens is 262 g/mol. The molecule has 110 valence electrons. The first-order chi connectivity index (χ1) is 9.65. The van der Waals surface area contributed by atoms with E-state index in [2.05, 4.69) is 0 Å². The van der Waals surface area contributed by atoms with Crippen LogP contribution in [-0.2, 0) is 4.79 Å². The van der Waals surface area contributed by atoms with Gasteiger partial charge in [-0.1, -0.05) is 0 Å². The summed E-state index contributed by atoms with van der Waals surface area (Å²) in [5.74, 6) is 1.43. The van der Waals surface area contributed by atoms with Crippen LogP contribution in [0.2, 0.25) is 0 Å². The van der Waals surface area contributed by atoms with Gasteiger partial charge in [-0.2, -0.15) is 0 Å². The lowest BCUT2D eigenvalue weighted by Crippen LogP contribution is -2.24. The van der Waals surface area contributed by atoms with Crippen LogP contribution in [-0.4, -0.2) is 49.5 Å². The molecule has 20 heavy (non-hydrogen) atoms. The monoisotopic (exact) mass is 281 g/mol. The molecule has 1 aromatic rings. The average Bonchev–Trinajstić information content (AvgIpc) is 2.88. The van der Waals surface area contributed by atoms with E-state index in [9.17, 15) is 4.79 Å². The van der Waals surface area contributed by atoms with Gasteiger partial charge in [0.25, 0.3) is 0 Å². The van der Waals surface area contributed by atoms with E-state index < -0.39 is 5.97 Å². The topological polar surface area (TPSA) is 68.2 Å². The Hall–Kier alpha value is -1.95. The van der Waals surface area contributed by atoms with Gasteiger partial charge >= 0.3 is 5.97 Å². The van der Waals surface area contributed by atoms with Gasteiger partial charge in [-0.05, 0) is 25.6 Å². The van der Waals surface area contributed by atoms with Crippen molar-refractivity contribution >= 4 is 5.97 Å². The van der Waals surface area contributed by atoms with Gasteiger partial charge in [0.15, 0.2) is 11.5 Å². The molecule has 1 aliphatic rings. The Bertz CT molecular complexity index is 463. The highest BCUT2D eigenvalue weighted by Crippen LogP contribution is 2.35. The smallest absolute Gasteiger partial charge is 0.304 e. The summed E-state index contributed by atoms with van der Waals surface area (Å²) >= 11 is 0. The fraction of sp³-hybridized carbons (Fsp3) is 0.500. The van der Waals surface area contributed by atoms with E-state index in [0.29, 0.717) is 18.9 Å². The van der Waals surface area contributed by atoms with E-state index in [-0.39, 0.29) is 13.2 Å². The van der Waals surface area contributed by atoms with Crippen molar-refractivity contribution in [2.75, 3.05) is 33.5 Å². The minimum Gasteiger partial charge on any atom is -0.493 e. The summed E-state index contributed by atoms with van der Waals surface area (Å²) in [5.41, 5.74) is 0. The summed E-state index contributed by atoms with van der Waals surface area (Å²) in [7, 11) is 1.91. The van der Waals surface area contributed by atoms with E-state index in [0.717, 1.165) is 24.5 Å². The predicted octanol–water partition coefficient (Wildman–Crippen LogP) is 1.59. The minimum absolute atomic E-state index is 0.166. The highest BCUT2D eigenvalue weighted by atomic mass is 16.7. The third-order valence-electron chi connectivity index (χ3n) is 3.00. The minimum atomic E-state index is -0.770. The summed E-state index contributed by atoms with van der Waals surface area (Å²) in [6.45, 7) is 2.20. The summed E-state index contributed by atoms with van der Waals surface area (Å²) in [4.78, 5) is 12.4. The lowest BCUT2D eigenvalue weighted by atomic mass is 10.3. The number of ether oxygens (including phenoxy) is 3. The van der Waals surface area contributed by atoms with Gasteiger partial charge in [0.1, 0.15) is 5.75 Å². The highest BCUT2D eigenvalue weighted by molar-refractivity contribution is 5.66. The van der Waals surface area contributed by atoms with Gasteiger partial charge in [0.2, 0.25) is 6.79 Å². The second-order valence-electron chi connectivity index (χ2n) is 4.66. The van der Waals surface area contributed by atoms with Crippen LogP contribution in [0.5, 0.6) is 17.2 Å². The molecule has 1 heterocycles. The van der Waals surface area contributed by atoms with Crippen LogP contribution in [0.15, 0.2) is 18.2 Å². The molecule has 2 rings (SSSR count). The Labute approximate surface area is 117 Å². The van der Waals surface area contributed by atoms with Gasteiger partial charge < -0.3 is 24.2 Å². The first-order valence-electron chi connectivity index (χ1n) is 6.58. The molecule has 0 spiro atoms. The van der Waals surface area contributed by atoms with Crippen molar-refractivity contribution in [3.63, 3.8) is 0 Å². The fourth-order valence-electron chi connectivity index (χ4n) is 1.89. The van der Waals surface area contributed by atoms with Crippen LogP contribution < -0.4 is 14.2 Å². The first kappa shape index (κ1) is 14.5. The van der Waals surface area contributed by atoms with Gasteiger partial charge in [0, 0.05) is 19.2 Å². The van der Waals surface area contributed by atoms with E-state index in [1.165, 1.54) is 0 Å². The van der Waals surface area contributed by atoms with Crippen LogP contribution in [0.25, 0.3) is 0 Å². The largest absolute Gasteiger partial charge is 0.493 e. The maximum absolute atomic E-state index is 10.4. The Morgan fingerprint density at radius 2 is 2.15 bits per heavy atom. The lowest BCUT2D eigenvalue weighted by molar-refractivity contribution is -0.137. The molecule has 0 fully saturated rings. The molecule has 1 N–H and O–H groups in total. The van der Waals surface area contributed by atoms with Crippen LogP contribution >= 0.6 is 0 Å². The zero-order chi connectivity index (χ0) is 14.4. The molecule has 6 heteroatoms. The SMILES string of the molecule is CN(CCCOc1ccc2c(c1)OCO2)CCC(=O)O. The number of carboxylic acids is 1. The van der Waals surface area contributed by atoms with Crippen molar-refractivity contribution < 1.29 is 24.1 Å². The van der Waals surface area contributed by atoms with Crippen LogP contribution in [0.1, 0.15) is 12.8 Å². The Balaban J connectivity index is 1.65. The molecule has 0 atom stereocenters. The number of aliphatic carboxylic acids is 1. The van der Waals surface area contributed by atoms with E-state index in [1.54, 1.807) is 0 Å². The Morgan fingerprint density at radius 3 is 2.95 bits per heavy atom. The number of fused-ring (bicyclic) bond motifs is 1. The van der Waals surface area contributed by atoms with Crippen molar-refractivity contribution in [2.24, 2.45) is 0 Å². The molecule has 1 aromatic carbocycles. The molecule has 0 aromatic heterocycles. The summed E-state index contributed by atoms with van der Waals surface area (Å²) in [6.07, 6.45) is 1.00. The molecule has 1 aliphatic heterocycles. The average molecular weight is 281 g/mol. The van der Waals surface area contributed by atoms with Crippen molar-refractivity contribution in [1.82, 2.24) is 4.90 Å².